The first-order valence-electron chi connectivity index (χ1n) is 5.88. The van der Waals surface area contributed by atoms with Gasteiger partial charge in [0, 0.05) is 13.1 Å². The van der Waals surface area contributed by atoms with E-state index in [0.717, 1.165) is 23.6 Å². The van der Waals surface area contributed by atoms with Crippen LogP contribution in [0.25, 0.3) is 0 Å². The molecule has 0 aromatic carbocycles. The van der Waals surface area contributed by atoms with Gasteiger partial charge in [-0.3, -0.25) is 4.68 Å². The zero-order valence-corrected chi connectivity index (χ0v) is 10.8. The molecule has 2 rings (SSSR count). The van der Waals surface area contributed by atoms with Gasteiger partial charge in [0.2, 0.25) is 0 Å². The molecule has 1 aliphatic rings. The molecule has 0 aliphatic carbocycles. The minimum Gasteiger partial charge on any atom is -0.394 e. The number of rotatable bonds is 3. The van der Waals surface area contributed by atoms with Gasteiger partial charge in [-0.2, -0.15) is 16.9 Å². The predicted octanol–water partition coefficient (Wildman–Crippen LogP) is 1.87. The SMILES string of the molecule is CCc1nn(C)c(NC2CCSCC2)c1N. The van der Waals surface area contributed by atoms with E-state index in [0.29, 0.717) is 6.04 Å². The van der Waals surface area contributed by atoms with E-state index in [1.165, 1.54) is 24.3 Å². The number of anilines is 2. The van der Waals surface area contributed by atoms with Crippen molar-refractivity contribution in [1.82, 2.24) is 9.78 Å². The number of thioether (sulfide) groups is 1. The van der Waals surface area contributed by atoms with E-state index >= 15 is 0 Å². The summed E-state index contributed by atoms with van der Waals surface area (Å²) in [5.41, 5.74) is 7.90. The number of nitrogens with two attached hydrogens (primary N) is 1. The molecule has 2 heterocycles. The number of hydrogen-bond acceptors (Lipinski definition) is 4. The number of nitrogen functional groups attached to an aromatic ring is 1. The topological polar surface area (TPSA) is 55.9 Å². The van der Waals surface area contributed by atoms with Crippen molar-refractivity contribution < 1.29 is 0 Å². The molecule has 0 saturated carbocycles. The van der Waals surface area contributed by atoms with Gasteiger partial charge >= 0.3 is 0 Å². The van der Waals surface area contributed by atoms with Gasteiger partial charge in [0.1, 0.15) is 5.82 Å². The first-order chi connectivity index (χ1) is 7.72. The van der Waals surface area contributed by atoms with E-state index < -0.39 is 0 Å². The van der Waals surface area contributed by atoms with Crippen LogP contribution in [0.1, 0.15) is 25.5 Å². The van der Waals surface area contributed by atoms with Crippen LogP contribution in [0.5, 0.6) is 0 Å². The minimum absolute atomic E-state index is 0.559. The number of aryl methyl sites for hydroxylation is 2. The summed E-state index contributed by atoms with van der Waals surface area (Å²) in [6.45, 7) is 2.08. The summed E-state index contributed by atoms with van der Waals surface area (Å²) in [4.78, 5) is 0. The largest absolute Gasteiger partial charge is 0.394 e. The second kappa shape index (κ2) is 4.99. The Morgan fingerprint density at radius 3 is 2.75 bits per heavy atom. The third-order valence-corrected chi connectivity index (χ3v) is 4.11. The highest BCUT2D eigenvalue weighted by Crippen LogP contribution is 2.26. The normalized spacial score (nSPS) is 17.6. The summed E-state index contributed by atoms with van der Waals surface area (Å²) in [5.74, 6) is 3.49. The van der Waals surface area contributed by atoms with E-state index in [2.05, 4.69) is 17.3 Å². The van der Waals surface area contributed by atoms with Gasteiger partial charge in [-0.25, -0.2) is 0 Å². The van der Waals surface area contributed by atoms with E-state index in [1.807, 2.05) is 23.5 Å². The molecule has 0 amide bonds. The van der Waals surface area contributed by atoms with Gasteiger partial charge < -0.3 is 11.1 Å². The van der Waals surface area contributed by atoms with Gasteiger partial charge in [0.25, 0.3) is 0 Å². The molecule has 1 fully saturated rings. The highest BCUT2D eigenvalue weighted by molar-refractivity contribution is 7.99. The lowest BCUT2D eigenvalue weighted by Gasteiger charge is -2.23. The summed E-state index contributed by atoms with van der Waals surface area (Å²) >= 11 is 2.03. The Balaban J connectivity index is 2.10. The van der Waals surface area contributed by atoms with Crippen LogP contribution in [-0.2, 0) is 13.5 Å². The maximum atomic E-state index is 6.08. The average Bonchev–Trinajstić information content (AvgIpc) is 2.58. The van der Waals surface area contributed by atoms with Gasteiger partial charge in [0.05, 0.1) is 11.4 Å². The quantitative estimate of drug-likeness (QED) is 0.847. The van der Waals surface area contributed by atoms with Crippen molar-refractivity contribution in [2.75, 3.05) is 22.6 Å². The molecule has 1 aromatic heterocycles. The Hall–Kier alpha value is -0.840. The fourth-order valence-corrected chi connectivity index (χ4v) is 3.17. The van der Waals surface area contributed by atoms with E-state index in [9.17, 15) is 0 Å². The maximum absolute atomic E-state index is 6.08. The van der Waals surface area contributed by atoms with E-state index in [-0.39, 0.29) is 0 Å². The van der Waals surface area contributed by atoms with E-state index in [4.69, 9.17) is 5.73 Å². The molecule has 90 valence electrons. The molecule has 1 aliphatic heterocycles. The molecular weight excluding hydrogens is 220 g/mol. The molecular formula is C11H20N4S. The molecule has 5 heteroatoms. The third kappa shape index (κ3) is 2.29. The molecule has 0 radical (unpaired) electrons. The molecule has 1 saturated heterocycles. The van der Waals surface area contributed by atoms with Crippen molar-refractivity contribution in [2.24, 2.45) is 7.05 Å². The summed E-state index contributed by atoms with van der Waals surface area (Å²) in [5, 5.41) is 7.95. The molecule has 0 spiro atoms. The Bertz CT molecular complexity index is 355. The van der Waals surface area contributed by atoms with Crippen LogP contribution in [0.15, 0.2) is 0 Å². The number of nitrogens with one attached hydrogen (secondary N) is 1. The number of hydrogen-bond donors (Lipinski definition) is 2. The van der Waals surface area contributed by atoms with Gasteiger partial charge in [-0.05, 0) is 30.8 Å². The lowest BCUT2D eigenvalue weighted by Crippen LogP contribution is -2.26. The van der Waals surface area contributed by atoms with Crippen LogP contribution in [0, 0.1) is 0 Å². The maximum Gasteiger partial charge on any atom is 0.147 e. The zero-order chi connectivity index (χ0) is 11.5. The van der Waals surface area contributed by atoms with Crippen LogP contribution < -0.4 is 11.1 Å². The van der Waals surface area contributed by atoms with Gasteiger partial charge in [-0.1, -0.05) is 6.92 Å². The molecule has 16 heavy (non-hydrogen) atoms. The van der Waals surface area contributed by atoms with Crippen molar-refractivity contribution in [3.05, 3.63) is 5.69 Å². The molecule has 1 aromatic rings. The summed E-state index contributed by atoms with van der Waals surface area (Å²) < 4.78 is 1.87. The van der Waals surface area contributed by atoms with Crippen LogP contribution in [0.2, 0.25) is 0 Å². The van der Waals surface area contributed by atoms with Gasteiger partial charge in [-0.15, -0.1) is 0 Å². The molecule has 0 unspecified atom stereocenters. The summed E-state index contributed by atoms with van der Waals surface area (Å²) in [6.07, 6.45) is 3.33. The second-order valence-corrected chi connectivity index (χ2v) is 5.44. The lowest BCUT2D eigenvalue weighted by molar-refractivity contribution is 0.649. The standard InChI is InChI=1S/C11H20N4S/c1-3-9-10(12)11(15(2)14-9)13-8-4-6-16-7-5-8/h8,13H,3-7,12H2,1-2H3. The highest BCUT2D eigenvalue weighted by Gasteiger charge is 2.18. The molecule has 0 atom stereocenters. The highest BCUT2D eigenvalue weighted by atomic mass is 32.2. The number of nitrogens with zero attached hydrogens (tertiary/aromatic N) is 2. The molecule has 3 N–H and O–H groups in total. The number of aromatic nitrogens is 2. The predicted molar refractivity (Wildman–Crippen MR) is 71.0 cm³/mol. The second-order valence-electron chi connectivity index (χ2n) is 4.22. The van der Waals surface area contributed by atoms with Crippen LogP contribution in [0.3, 0.4) is 0 Å². The third-order valence-electron chi connectivity index (χ3n) is 3.06. The van der Waals surface area contributed by atoms with Crippen LogP contribution >= 0.6 is 11.8 Å². The van der Waals surface area contributed by atoms with Crippen molar-refractivity contribution >= 4 is 23.3 Å². The Labute approximate surface area is 101 Å². The molecule has 0 bridgehead atoms. The fraction of sp³-hybridized carbons (Fsp3) is 0.727. The minimum atomic E-state index is 0.559. The fourth-order valence-electron chi connectivity index (χ4n) is 2.06. The van der Waals surface area contributed by atoms with Crippen molar-refractivity contribution in [2.45, 2.75) is 32.2 Å². The zero-order valence-electron chi connectivity index (χ0n) is 9.99. The summed E-state index contributed by atoms with van der Waals surface area (Å²) in [6, 6.07) is 0.559. The Morgan fingerprint density at radius 2 is 2.19 bits per heavy atom. The van der Waals surface area contributed by atoms with Crippen molar-refractivity contribution in [3.63, 3.8) is 0 Å². The smallest absolute Gasteiger partial charge is 0.147 e. The molecule has 4 nitrogen and oxygen atoms in total. The Morgan fingerprint density at radius 1 is 1.50 bits per heavy atom. The van der Waals surface area contributed by atoms with Crippen LogP contribution in [0.4, 0.5) is 11.5 Å². The van der Waals surface area contributed by atoms with Crippen molar-refractivity contribution in [3.8, 4) is 0 Å². The van der Waals surface area contributed by atoms with Gasteiger partial charge in [0.15, 0.2) is 0 Å². The van der Waals surface area contributed by atoms with Crippen molar-refractivity contribution in [1.29, 1.82) is 0 Å². The Kier molecular flexibility index (Phi) is 3.63. The summed E-state index contributed by atoms with van der Waals surface area (Å²) in [7, 11) is 1.95. The lowest BCUT2D eigenvalue weighted by atomic mass is 10.1. The monoisotopic (exact) mass is 240 g/mol. The first-order valence-corrected chi connectivity index (χ1v) is 7.03. The van der Waals surface area contributed by atoms with Crippen LogP contribution in [-0.4, -0.2) is 27.3 Å². The average molecular weight is 240 g/mol. The van der Waals surface area contributed by atoms with E-state index in [1.54, 1.807) is 0 Å². The first kappa shape index (κ1) is 11.6.